The monoisotopic (exact) mass is 288 g/mol. The van der Waals surface area contributed by atoms with Crippen molar-refractivity contribution in [3.05, 3.63) is 29.8 Å². The van der Waals surface area contributed by atoms with Crippen LogP contribution in [0.1, 0.15) is 43.6 Å². The van der Waals surface area contributed by atoms with Gasteiger partial charge in [-0.1, -0.05) is 18.2 Å². The lowest BCUT2D eigenvalue weighted by Crippen LogP contribution is -2.54. The van der Waals surface area contributed by atoms with Crippen molar-refractivity contribution in [2.45, 2.75) is 43.6 Å². The Balaban J connectivity index is 1.61. The molecule has 1 aliphatic carbocycles. The van der Waals surface area contributed by atoms with Crippen molar-refractivity contribution in [3.8, 4) is 0 Å². The average Bonchev–Trinajstić information content (AvgIpc) is 2.79. The second-order valence-corrected chi connectivity index (χ2v) is 6.12. The fourth-order valence-corrected chi connectivity index (χ4v) is 3.35. The summed E-state index contributed by atoms with van der Waals surface area (Å²) in [5, 5.41) is 15.3. The van der Waals surface area contributed by atoms with Crippen LogP contribution >= 0.6 is 0 Å². The first-order valence-corrected chi connectivity index (χ1v) is 7.44. The quantitative estimate of drug-likeness (QED) is 0.775. The minimum absolute atomic E-state index is 0.0260. The van der Waals surface area contributed by atoms with Gasteiger partial charge in [0.1, 0.15) is 0 Å². The van der Waals surface area contributed by atoms with E-state index in [4.69, 9.17) is 5.11 Å². The fraction of sp³-hybridized carbons (Fsp3) is 0.500. The molecule has 1 saturated carbocycles. The number of hydrogen-bond acceptors (Lipinski definition) is 3. The molecule has 1 amide bonds. The number of para-hydroxylation sites is 1. The molecular weight excluding hydrogens is 268 g/mol. The average molecular weight is 288 g/mol. The maximum absolute atomic E-state index is 12.3. The van der Waals surface area contributed by atoms with Crippen LogP contribution in [0.5, 0.6) is 0 Å². The highest BCUT2D eigenvalue weighted by molar-refractivity contribution is 5.80. The highest BCUT2D eigenvalue weighted by Gasteiger charge is 2.40. The zero-order chi connectivity index (χ0) is 14.9. The van der Waals surface area contributed by atoms with Crippen LogP contribution in [0, 0.1) is 0 Å². The van der Waals surface area contributed by atoms with E-state index in [0.717, 1.165) is 31.5 Å². The van der Waals surface area contributed by atoms with Gasteiger partial charge < -0.3 is 15.7 Å². The number of rotatable bonds is 5. The lowest BCUT2D eigenvalue weighted by atomic mass is 9.74. The van der Waals surface area contributed by atoms with Crippen LogP contribution in [-0.2, 0) is 9.59 Å². The number of benzene rings is 1. The van der Waals surface area contributed by atoms with Crippen LogP contribution in [0.2, 0.25) is 0 Å². The Labute approximate surface area is 123 Å². The smallest absolute Gasteiger partial charge is 0.305 e. The molecule has 1 aromatic rings. The summed E-state index contributed by atoms with van der Waals surface area (Å²) in [5.41, 5.74) is 1.77. The maximum Gasteiger partial charge on any atom is 0.305 e. The van der Waals surface area contributed by atoms with E-state index >= 15 is 0 Å². The minimum atomic E-state index is -0.845. The van der Waals surface area contributed by atoms with Crippen molar-refractivity contribution < 1.29 is 14.7 Å². The molecule has 3 rings (SSSR count). The van der Waals surface area contributed by atoms with E-state index in [2.05, 4.69) is 10.6 Å². The number of anilines is 1. The van der Waals surface area contributed by atoms with Gasteiger partial charge >= 0.3 is 5.97 Å². The number of hydrogen-bond donors (Lipinski definition) is 3. The van der Waals surface area contributed by atoms with Crippen molar-refractivity contribution in [1.29, 1.82) is 0 Å². The zero-order valence-electron chi connectivity index (χ0n) is 11.9. The molecule has 1 fully saturated rings. The van der Waals surface area contributed by atoms with E-state index in [1.807, 2.05) is 24.3 Å². The Morgan fingerprint density at radius 1 is 1.33 bits per heavy atom. The summed E-state index contributed by atoms with van der Waals surface area (Å²) in [6.45, 7) is 0.763. The minimum Gasteiger partial charge on any atom is -0.481 e. The SMILES string of the molecule is O=C(O)CC1(NC(=O)CC2CNc3ccccc32)CCC1. The highest BCUT2D eigenvalue weighted by atomic mass is 16.4. The molecule has 112 valence electrons. The molecule has 0 aromatic heterocycles. The largest absolute Gasteiger partial charge is 0.481 e. The van der Waals surface area contributed by atoms with E-state index in [0.29, 0.717) is 6.42 Å². The summed E-state index contributed by atoms with van der Waals surface area (Å²) in [7, 11) is 0. The summed E-state index contributed by atoms with van der Waals surface area (Å²) >= 11 is 0. The second kappa shape index (κ2) is 5.39. The predicted octanol–water partition coefficient (Wildman–Crippen LogP) is 2.10. The van der Waals surface area contributed by atoms with Gasteiger partial charge in [-0.25, -0.2) is 0 Å². The molecule has 5 nitrogen and oxygen atoms in total. The highest BCUT2D eigenvalue weighted by Crippen LogP contribution is 2.36. The molecule has 0 radical (unpaired) electrons. The summed E-state index contributed by atoms with van der Waals surface area (Å²) < 4.78 is 0. The number of amides is 1. The predicted molar refractivity (Wildman–Crippen MR) is 79.3 cm³/mol. The van der Waals surface area contributed by atoms with Crippen LogP contribution in [-0.4, -0.2) is 29.1 Å². The van der Waals surface area contributed by atoms with Gasteiger partial charge in [0.05, 0.1) is 12.0 Å². The van der Waals surface area contributed by atoms with Gasteiger partial charge in [0.15, 0.2) is 0 Å². The van der Waals surface area contributed by atoms with Crippen molar-refractivity contribution in [3.63, 3.8) is 0 Å². The van der Waals surface area contributed by atoms with E-state index in [1.54, 1.807) is 0 Å². The third kappa shape index (κ3) is 2.86. The third-order valence-corrected chi connectivity index (χ3v) is 4.58. The Hall–Kier alpha value is -2.04. The number of carboxylic acid groups (broad SMARTS) is 1. The lowest BCUT2D eigenvalue weighted by Gasteiger charge is -2.41. The number of carboxylic acids is 1. The lowest BCUT2D eigenvalue weighted by molar-refractivity contribution is -0.140. The molecule has 0 bridgehead atoms. The topological polar surface area (TPSA) is 78.4 Å². The summed E-state index contributed by atoms with van der Waals surface area (Å²) in [6.07, 6.45) is 2.96. The van der Waals surface area contributed by atoms with Crippen LogP contribution in [0.15, 0.2) is 24.3 Å². The molecule has 1 heterocycles. The van der Waals surface area contributed by atoms with Crippen LogP contribution in [0.4, 0.5) is 5.69 Å². The summed E-state index contributed by atoms with van der Waals surface area (Å²) in [5.74, 6) is -0.717. The third-order valence-electron chi connectivity index (χ3n) is 4.58. The fourth-order valence-electron chi connectivity index (χ4n) is 3.35. The number of nitrogens with one attached hydrogen (secondary N) is 2. The molecule has 1 unspecified atom stereocenters. The molecule has 0 spiro atoms. The first-order chi connectivity index (χ1) is 10.1. The molecule has 1 atom stereocenters. The van der Waals surface area contributed by atoms with Gasteiger partial charge in [-0.15, -0.1) is 0 Å². The van der Waals surface area contributed by atoms with Crippen molar-refractivity contribution in [2.75, 3.05) is 11.9 Å². The van der Waals surface area contributed by atoms with E-state index in [1.165, 1.54) is 5.56 Å². The van der Waals surface area contributed by atoms with Gasteiger partial charge in [-0.05, 0) is 30.9 Å². The number of aliphatic carboxylic acids is 1. The number of carbonyl (C=O) groups excluding carboxylic acids is 1. The Kier molecular flexibility index (Phi) is 3.57. The van der Waals surface area contributed by atoms with Gasteiger partial charge in [0, 0.05) is 24.6 Å². The summed E-state index contributed by atoms with van der Waals surface area (Å²) in [4.78, 5) is 23.2. The van der Waals surface area contributed by atoms with E-state index < -0.39 is 11.5 Å². The second-order valence-electron chi connectivity index (χ2n) is 6.12. The maximum atomic E-state index is 12.3. The van der Waals surface area contributed by atoms with E-state index in [9.17, 15) is 9.59 Å². The molecule has 5 heteroatoms. The molecule has 1 aromatic carbocycles. The molecular formula is C16H20N2O3. The van der Waals surface area contributed by atoms with Crippen LogP contribution in [0.25, 0.3) is 0 Å². The number of carbonyl (C=O) groups is 2. The molecule has 0 saturated heterocycles. The van der Waals surface area contributed by atoms with Crippen molar-refractivity contribution >= 4 is 17.6 Å². The Morgan fingerprint density at radius 2 is 2.10 bits per heavy atom. The van der Waals surface area contributed by atoms with Crippen molar-refractivity contribution in [2.24, 2.45) is 0 Å². The molecule has 2 aliphatic rings. The standard InChI is InChI=1S/C16H20N2O3/c19-14(18-16(6-3-7-16)9-15(20)21)8-11-10-17-13-5-2-1-4-12(11)13/h1-2,4-5,11,17H,3,6-10H2,(H,18,19)(H,20,21). The van der Waals surface area contributed by atoms with Crippen LogP contribution in [0.3, 0.4) is 0 Å². The molecule has 1 aliphatic heterocycles. The Bertz CT molecular complexity index is 566. The first kappa shape index (κ1) is 13.9. The summed E-state index contributed by atoms with van der Waals surface area (Å²) in [6, 6.07) is 8.02. The van der Waals surface area contributed by atoms with Crippen molar-refractivity contribution in [1.82, 2.24) is 5.32 Å². The van der Waals surface area contributed by atoms with Crippen LogP contribution < -0.4 is 10.6 Å². The molecule has 21 heavy (non-hydrogen) atoms. The number of fused-ring (bicyclic) bond motifs is 1. The van der Waals surface area contributed by atoms with Gasteiger partial charge in [0.2, 0.25) is 5.91 Å². The Morgan fingerprint density at radius 3 is 2.76 bits per heavy atom. The van der Waals surface area contributed by atoms with Gasteiger partial charge in [-0.2, -0.15) is 0 Å². The normalized spacial score (nSPS) is 21.8. The molecule has 3 N–H and O–H groups in total. The van der Waals surface area contributed by atoms with Gasteiger partial charge in [0.25, 0.3) is 0 Å². The van der Waals surface area contributed by atoms with E-state index in [-0.39, 0.29) is 18.2 Å². The van der Waals surface area contributed by atoms with Gasteiger partial charge in [-0.3, -0.25) is 9.59 Å². The first-order valence-electron chi connectivity index (χ1n) is 7.44. The zero-order valence-corrected chi connectivity index (χ0v) is 11.9.